The molecule has 0 fully saturated rings. The van der Waals surface area contributed by atoms with Gasteiger partial charge in [0.05, 0.1) is 6.54 Å². The summed E-state index contributed by atoms with van der Waals surface area (Å²) in [4.78, 5) is 15.0. The van der Waals surface area contributed by atoms with Crippen molar-refractivity contribution in [1.82, 2.24) is 14.9 Å². The minimum atomic E-state index is -0.459. The Morgan fingerprint density at radius 2 is 2.08 bits per heavy atom. The Kier molecular flexibility index (Phi) is 5.63. The fourth-order valence-electron chi connectivity index (χ4n) is 3.41. The van der Waals surface area contributed by atoms with Crippen LogP contribution in [0, 0.1) is 4.77 Å². The van der Waals surface area contributed by atoms with Gasteiger partial charge < -0.3 is 19.6 Å². The van der Waals surface area contributed by atoms with Gasteiger partial charge >= 0.3 is 5.97 Å². The van der Waals surface area contributed by atoms with E-state index in [2.05, 4.69) is 45.3 Å². The van der Waals surface area contributed by atoms with Crippen molar-refractivity contribution in [3.05, 3.63) is 52.1 Å². The molecule has 0 bridgehead atoms. The van der Waals surface area contributed by atoms with Gasteiger partial charge in [-0.3, -0.25) is 4.79 Å². The molecule has 1 atom stereocenters. The lowest BCUT2D eigenvalue weighted by Crippen LogP contribution is -2.31. The van der Waals surface area contributed by atoms with E-state index in [4.69, 9.17) is 17.0 Å². The molecule has 0 radical (unpaired) electrons. The minimum absolute atomic E-state index is 0.180. The van der Waals surface area contributed by atoms with E-state index < -0.39 is 5.60 Å². The summed E-state index contributed by atoms with van der Waals surface area (Å²) in [6, 6.07) is 9.02. The van der Waals surface area contributed by atoms with Gasteiger partial charge in [-0.2, -0.15) is 0 Å². The summed E-state index contributed by atoms with van der Waals surface area (Å²) >= 11 is 5.51. The molecule has 1 aliphatic carbocycles. The summed E-state index contributed by atoms with van der Waals surface area (Å²) in [6.45, 7) is 6.33. The van der Waals surface area contributed by atoms with Gasteiger partial charge in [0, 0.05) is 24.5 Å². The number of fused-ring (bicyclic) bond motifs is 1. The molecule has 0 aliphatic heterocycles. The molecule has 0 saturated heterocycles. The highest BCUT2D eigenvalue weighted by molar-refractivity contribution is 7.71. The Balaban J connectivity index is 1.58. The molecule has 2 N–H and O–H groups in total. The molecule has 0 amide bonds. The van der Waals surface area contributed by atoms with Crippen molar-refractivity contribution in [3.8, 4) is 0 Å². The lowest BCUT2D eigenvalue weighted by atomic mass is 9.88. The molecule has 0 saturated carbocycles. The normalized spacial score (nSPS) is 17.0. The molecule has 5 nitrogen and oxygen atoms in total. The van der Waals surface area contributed by atoms with Crippen LogP contribution >= 0.6 is 12.2 Å². The van der Waals surface area contributed by atoms with Crippen LogP contribution in [0.15, 0.2) is 30.5 Å². The van der Waals surface area contributed by atoms with Gasteiger partial charge in [-0.05, 0) is 63.4 Å². The van der Waals surface area contributed by atoms with E-state index >= 15 is 0 Å². The van der Waals surface area contributed by atoms with Crippen molar-refractivity contribution in [2.45, 2.75) is 58.2 Å². The monoisotopic (exact) mass is 373 g/mol. The maximum Gasteiger partial charge on any atom is 0.320 e. The molecular formula is C20H27N3O2S. The van der Waals surface area contributed by atoms with Crippen LogP contribution in [-0.4, -0.2) is 27.7 Å². The van der Waals surface area contributed by atoms with Crippen molar-refractivity contribution >= 4 is 18.2 Å². The number of nitrogens with zero attached hydrogens (tertiary/aromatic N) is 1. The Bertz CT molecular complexity index is 832. The van der Waals surface area contributed by atoms with Gasteiger partial charge in [-0.1, -0.05) is 24.3 Å². The SMILES string of the molecule is CC(C)(C)OC(=O)CNCc1cn(C2CCc3ccccc3C2)c(=S)[nH]1. The Morgan fingerprint density at radius 1 is 1.35 bits per heavy atom. The Hall–Kier alpha value is -1.92. The number of esters is 1. The van der Waals surface area contributed by atoms with Crippen LogP contribution in [0.1, 0.15) is 50.1 Å². The zero-order valence-electron chi connectivity index (χ0n) is 15.7. The molecule has 1 aromatic heterocycles. The molecule has 3 rings (SSSR count). The lowest BCUT2D eigenvalue weighted by molar-refractivity contribution is -0.153. The first-order chi connectivity index (χ1) is 12.3. The highest BCUT2D eigenvalue weighted by atomic mass is 32.1. The quantitative estimate of drug-likeness (QED) is 0.620. The topological polar surface area (TPSA) is 59.0 Å². The van der Waals surface area contributed by atoms with E-state index in [1.165, 1.54) is 11.1 Å². The van der Waals surface area contributed by atoms with Crippen molar-refractivity contribution < 1.29 is 9.53 Å². The standard InChI is InChI=1S/C20H27N3O2S/c1-20(2,3)25-18(24)12-21-11-16-13-23(19(26)22-16)17-9-8-14-6-4-5-7-15(14)10-17/h4-7,13,17,21H,8-12H2,1-3H3,(H,22,26). The molecule has 26 heavy (non-hydrogen) atoms. The molecular weight excluding hydrogens is 346 g/mol. The summed E-state index contributed by atoms with van der Waals surface area (Å²) in [5.41, 5.74) is 3.39. The largest absolute Gasteiger partial charge is 0.459 e. The number of benzene rings is 1. The fourth-order valence-corrected chi connectivity index (χ4v) is 3.75. The highest BCUT2D eigenvalue weighted by Crippen LogP contribution is 2.29. The number of rotatable bonds is 5. The van der Waals surface area contributed by atoms with Crippen LogP contribution in [0.4, 0.5) is 0 Å². The van der Waals surface area contributed by atoms with Gasteiger partial charge in [0.15, 0.2) is 4.77 Å². The van der Waals surface area contributed by atoms with Crippen molar-refractivity contribution in [3.63, 3.8) is 0 Å². The second kappa shape index (κ2) is 7.76. The first-order valence-electron chi connectivity index (χ1n) is 9.11. The summed E-state index contributed by atoms with van der Waals surface area (Å²) in [5.74, 6) is -0.251. The van der Waals surface area contributed by atoms with Crippen molar-refractivity contribution in [2.24, 2.45) is 0 Å². The third-order valence-corrected chi connectivity index (χ3v) is 4.83. The first-order valence-corrected chi connectivity index (χ1v) is 9.52. The number of aryl methyl sites for hydroxylation is 1. The third kappa shape index (κ3) is 4.83. The van der Waals surface area contributed by atoms with Gasteiger partial charge in [-0.15, -0.1) is 0 Å². The summed E-state index contributed by atoms with van der Waals surface area (Å²) in [7, 11) is 0. The maximum atomic E-state index is 11.8. The third-order valence-electron chi connectivity index (χ3n) is 4.52. The van der Waals surface area contributed by atoms with Gasteiger partial charge in [0.1, 0.15) is 5.60 Å². The molecule has 6 heteroatoms. The first kappa shape index (κ1) is 18.9. The van der Waals surface area contributed by atoms with Crippen LogP contribution in [0.25, 0.3) is 0 Å². The van der Waals surface area contributed by atoms with Crippen molar-refractivity contribution in [2.75, 3.05) is 6.54 Å². The lowest BCUT2D eigenvalue weighted by Gasteiger charge is -2.25. The number of hydrogen-bond acceptors (Lipinski definition) is 4. The molecule has 1 heterocycles. The smallest absolute Gasteiger partial charge is 0.320 e. The number of carbonyl (C=O) groups is 1. The number of imidazole rings is 1. The Labute approximate surface area is 159 Å². The van der Waals surface area contributed by atoms with E-state index in [0.717, 1.165) is 29.7 Å². The van der Waals surface area contributed by atoms with Crippen LogP contribution in [0.3, 0.4) is 0 Å². The number of hydrogen-bond donors (Lipinski definition) is 2. The van der Waals surface area contributed by atoms with E-state index in [1.54, 1.807) is 0 Å². The number of aromatic amines is 1. The summed E-state index contributed by atoms with van der Waals surface area (Å²) in [5, 5.41) is 3.12. The molecule has 1 aliphatic rings. The number of ether oxygens (including phenoxy) is 1. The molecule has 1 unspecified atom stereocenters. The average molecular weight is 374 g/mol. The average Bonchev–Trinajstić information content (AvgIpc) is 2.93. The number of aromatic nitrogens is 2. The van der Waals surface area contributed by atoms with E-state index in [-0.39, 0.29) is 12.5 Å². The summed E-state index contributed by atoms with van der Waals surface area (Å²) in [6.07, 6.45) is 5.25. The zero-order valence-corrected chi connectivity index (χ0v) is 16.5. The number of carbonyl (C=O) groups excluding carboxylic acids is 1. The predicted molar refractivity (Wildman–Crippen MR) is 105 cm³/mol. The van der Waals surface area contributed by atoms with Gasteiger partial charge in [0.2, 0.25) is 0 Å². The predicted octanol–water partition coefficient (Wildman–Crippen LogP) is 3.71. The van der Waals surface area contributed by atoms with E-state index in [9.17, 15) is 4.79 Å². The number of H-pyrrole nitrogens is 1. The molecule has 2 aromatic rings. The van der Waals surface area contributed by atoms with Crippen LogP contribution in [0.5, 0.6) is 0 Å². The summed E-state index contributed by atoms with van der Waals surface area (Å²) < 4.78 is 8.20. The van der Waals surface area contributed by atoms with Crippen molar-refractivity contribution in [1.29, 1.82) is 0 Å². The molecule has 1 aromatic carbocycles. The van der Waals surface area contributed by atoms with Crippen LogP contribution in [-0.2, 0) is 28.9 Å². The van der Waals surface area contributed by atoms with Crippen LogP contribution in [0.2, 0.25) is 0 Å². The second-order valence-corrected chi connectivity index (χ2v) is 8.23. The minimum Gasteiger partial charge on any atom is -0.459 e. The van der Waals surface area contributed by atoms with Gasteiger partial charge in [-0.25, -0.2) is 0 Å². The molecule has 140 valence electrons. The van der Waals surface area contributed by atoms with E-state index in [1.807, 2.05) is 20.8 Å². The fraction of sp³-hybridized carbons (Fsp3) is 0.500. The highest BCUT2D eigenvalue weighted by Gasteiger charge is 2.21. The maximum absolute atomic E-state index is 11.8. The van der Waals surface area contributed by atoms with Gasteiger partial charge in [0.25, 0.3) is 0 Å². The molecule has 0 spiro atoms. The van der Waals surface area contributed by atoms with E-state index in [0.29, 0.717) is 12.6 Å². The zero-order chi connectivity index (χ0) is 18.7. The Morgan fingerprint density at radius 3 is 2.81 bits per heavy atom. The van der Waals surface area contributed by atoms with Crippen LogP contribution < -0.4 is 5.32 Å². The number of nitrogens with one attached hydrogen (secondary N) is 2. The second-order valence-electron chi connectivity index (χ2n) is 7.85.